The van der Waals surface area contributed by atoms with Crippen molar-refractivity contribution in [3.8, 4) is 44.5 Å². The van der Waals surface area contributed by atoms with Crippen LogP contribution in [-0.4, -0.2) is 0 Å². The zero-order valence-electron chi connectivity index (χ0n) is 27.5. The van der Waals surface area contributed by atoms with Gasteiger partial charge >= 0.3 is 0 Å². The summed E-state index contributed by atoms with van der Waals surface area (Å²) in [7, 11) is 0. The summed E-state index contributed by atoms with van der Waals surface area (Å²) >= 11 is 0. The second-order valence-electron chi connectivity index (χ2n) is 13.2. The summed E-state index contributed by atoms with van der Waals surface area (Å²) in [6.07, 6.45) is 0. The van der Waals surface area contributed by atoms with Crippen LogP contribution in [0, 0.1) is 0 Å². The molecule has 0 aliphatic heterocycles. The van der Waals surface area contributed by atoms with Crippen LogP contribution < -0.4 is 0 Å². The van der Waals surface area contributed by atoms with E-state index in [1.165, 1.54) is 98.4 Å². The van der Waals surface area contributed by atoms with Gasteiger partial charge in [-0.05, 0) is 111 Å². The van der Waals surface area contributed by atoms with Crippen molar-refractivity contribution in [2.24, 2.45) is 0 Å². The number of hydrogen-bond donors (Lipinski definition) is 0. The van der Waals surface area contributed by atoms with Crippen molar-refractivity contribution in [3.63, 3.8) is 0 Å². The first-order valence-electron chi connectivity index (χ1n) is 17.4. The van der Waals surface area contributed by atoms with E-state index < -0.39 is 0 Å². The fraction of sp³-hybridized carbons (Fsp3) is 0. The summed E-state index contributed by atoms with van der Waals surface area (Å²) in [4.78, 5) is 0. The van der Waals surface area contributed by atoms with Crippen LogP contribution >= 0.6 is 0 Å². The van der Waals surface area contributed by atoms with Crippen molar-refractivity contribution in [3.05, 3.63) is 194 Å². The topological polar surface area (TPSA) is 0 Å². The van der Waals surface area contributed by atoms with Gasteiger partial charge in [0.2, 0.25) is 0 Å². The lowest BCUT2D eigenvalue weighted by atomic mass is 9.84. The van der Waals surface area contributed by atoms with Crippen LogP contribution in [0.25, 0.3) is 98.4 Å². The summed E-state index contributed by atoms with van der Waals surface area (Å²) in [5.41, 5.74) is 10.0. The third kappa shape index (κ3) is 4.54. The summed E-state index contributed by atoms with van der Waals surface area (Å²) < 4.78 is 0. The minimum atomic E-state index is 1.23. The first kappa shape index (κ1) is 28.5. The number of benzene rings is 10. The van der Waals surface area contributed by atoms with E-state index in [0.29, 0.717) is 0 Å². The van der Waals surface area contributed by atoms with E-state index in [-0.39, 0.29) is 0 Å². The van der Waals surface area contributed by atoms with E-state index in [1.54, 1.807) is 0 Å². The fourth-order valence-corrected chi connectivity index (χ4v) is 8.16. The van der Waals surface area contributed by atoms with Crippen LogP contribution in [-0.2, 0) is 0 Å². The molecule has 0 heteroatoms. The maximum atomic E-state index is 2.42. The maximum absolute atomic E-state index is 2.42. The predicted octanol–water partition coefficient (Wildman–Crippen LogP) is 14.1. The SMILES string of the molecule is c1ccc(-c2cc3ccc(-c4c5ccccc5c(-c5ccc(-c6cccc7ccccc67)cc5)c5ccccc45)cc3c3ccccc23)cc1. The van der Waals surface area contributed by atoms with Gasteiger partial charge in [-0.15, -0.1) is 0 Å². The molecule has 0 aliphatic carbocycles. The molecule has 0 nitrogen and oxygen atoms in total. The van der Waals surface area contributed by atoms with Crippen molar-refractivity contribution in [2.75, 3.05) is 0 Å². The zero-order valence-corrected chi connectivity index (χ0v) is 27.5. The van der Waals surface area contributed by atoms with E-state index in [0.717, 1.165) is 0 Å². The molecule has 0 saturated carbocycles. The lowest BCUT2D eigenvalue weighted by Gasteiger charge is -2.19. The van der Waals surface area contributed by atoms with Gasteiger partial charge in [-0.25, -0.2) is 0 Å². The summed E-state index contributed by atoms with van der Waals surface area (Å²) in [6, 6.07) is 71.3. The highest BCUT2D eigenvalue weighted by Gasteiger charge is 2.18. The minimum Gasteiger partial charge on any atom is -0.0622 e. The molecule has 0 aliphatic rings. The first-order chi connectivity index (χ1) is 24.8. The van der Waals surface area contributed by atoms with E-state index in [4.69, 9.17) is 0 Å². The van der Waals surface area contributed by atoms with Gasteiger partial charge in [0.1, 0.15) is 0 Å². The molecular weight excluding hydrogens is 601 g/mol. The molecule has 0 bridgehead atoms. The number of rotatable bonds is 4. The highest BCUT2D eigenvalue weighted by atomic mass is 14.2. The molecule has 0 radical (unpaired) electrons. The van der Waals surface area contributed by atoms with Gasteiger partial charge in [0, 0.05) is 0 Å². The summed E-state index contributed by atoms with van der Waals surface area (Å²) in [5.74, 6) is 0. The van der Waals surface area contributed by atoms with Crippen molar-refractivity contribution in [1.29, 1.82) is 0 Å². The number of hydrogen-bond acceptors (Lipinski definition) is 0. The van der Waals surface area contributed by atoms with Crippen LogP contribution in [0.5, 0.6) is 0 Å². The van der Waals surface area contributed by atoms with Crippen LogP contribution in [0.1, 0.15) is 0 Å². The molecule has 0 fully saturated rings. The average Bonchev–Trinajstić information content (AvgIpc) is 3.19. The van der Waals surface area contributed by atoms with Gasteiger partial charge in [0.25, 0.3) is 0 Å². The van der Waals surface area contributed by atoms with Crippen LogP contribution in [0.15, 0.2) is 194 Å². The predicted molar refractivity (Wildman–Crippen MR) is 216 cm³/mol. The van der Waals surface area contributed by atoms with Crippen LogP contribution in [0.4, 0.5) is 0 Å². The summed E-state index contributed by atoms with van der Waals surface area (Å²) in [6.45, 7) is 0. The van der Waals surface area contributed by atoms with Gasteiger partial charge in [0.05, 0.1) is 0 Å². The molecule has 10 aromatic carbocycles. The van der Waals surface area contributed by atoms with Crippen molar-refractivity contribution in [2.45, 2.75) is 0 Å². The van der Waals surface area contributed by atoms with Gasteiger partial charge < -0.3 is 0 Å². The fourth-order valence-electron chi connectivity index (χ4n) is 8.16. The van der Waals surface area contributed by atoms with Gasteiger partial charge in [-0.1, -0.05) is 182 Å². The van der Waals surface area contributed by atoms with Crippen LogP contribution in [0.2, 0.25) is 0 Å². The zero-order chi connectivity index (χ0) is 33.0. The Bertz CT molecular complexity index is 2830. The molecule has 0 aromatic heterocycles. The molecule has 0 amide bonds. The molecule has 232 valence electrons. The Morgan fingerprint density at radius 1 is 0.200 bits per heavy atom. The van der Waals surface area contributed by atoms with Crippen LogP contribution in [0.3, 0.4) is 0 Å². The first-order valence-corrected chi connectivity index (χ1v) is 17.4. The molecule has 0 unspecified atom stereocenters. The molecule has 10 rings (SSSR count). The quantitative estimate of drug-likeness (QED) is 0.134. The lowest BCUT2D eigenvalue weighted by molar-refractivity contribution is 1.63. The molecule has 0 atom stereocenters. The Hall–Kier alpha value is -6.50. The molecule has 0 saturated heterocycles. The van der Waals surface area contributed by atoms with Crippen molar-refractivity contribution < 1.29 is 0 Å². The third-order valence-electron chi connectivity index (χ3n) is 10.4. The molecule has 0 spiro atoms. The van der Waals surface area contributed by atoms with E-state index in [9.17, 15) is 0 Å². The Kier molecular flexibility index (Phi) is 6.60. The second-order valence-corrected chi connectivity index (χ2v) is 13.2. The third-order valence-corrected chi connectivity index (χ3v) is 10.4. The average molecular weight is 633 g/mol. The number of fused-ring (bicyclic) bond motifs is 6. The standard InChI is InChI=1S/C50H32/c1-2-13-34(14-3-1)47-31-37-29-30-38(32-48(37)42-19-7-6-18-41(42)47)50-45-22-10-8-20-43(45)49(44-21-9-11-23-46(44)50)36-27-25-35(26-28-36)40-24-12-16-33-15-4-5-17-39(33)40/h1-32H. The van der Waals surface area contributed by atoms with E-state index in [1.807, 2.05) is 0 Å². The second kappa shape index (κ2) is 11.6. The van der Waals surface area contributed by atoms with Gasteiger partial charge in [0.15, 0.2) is 0 Å². The van der Waals surface area contributed by atoms with Crippen molar-refractivity contribution in [1.82, 2.24) is 0 Å². The highest BCUT2D eigenvalue weighted by molar-refractivity contribution is 6.23. The minimum absolute atomic E-state index is 1.23. The Balaban J connectivity index is 1.18. The molecule has 0 heterocycles. The van der Waals surface area contributed by atoms with Crippen molar-refractivity contribution >= 4 is 53.9 Å². The van der Waals surface area contributed by atoms with Gasteiger partial charge in [-0.2, -0.15) is 0 Å². The molecular formula is C50H32. The van der Waals surface area contributed by atoms with E-state index >= 15 is 0 Å². The smallest absolute Gasteiger partial charge is 0.00261 e. The van der Waals surface area contributed by atoms with E-state index in [2.05, 4.69) is 194 Å². The Labute approximate surface area is 291 Å². The van der Waals surface area contributed by atoms with Gasteiger partial charge in [-0.3, -0.25) is 0 Å². The lowest BCUT2D eigenvalue weighted by Crippen LogP contribution is -1.91. The maximum Gasteiger partial charge on any atom is -0.00261 e. The molecule has 50 heavy (non-hydrogen) atoms. The normalized spacial score (nSPS) is 11.6. The monoisotopic (exact) mass is 632 g/mol. The highest BCUT2D eigenvalue weighted by Crippen LogP contribution is 2.45. The Morgan fingerprint density at radius 2 is 0.680 bits per heavy atom. The Morgan fingerprint density at radius 3 is 1.36 bits per heavy atom. The molecule has 10 aromatic rings. The molecule has 0 N–H and O–H groups in total. The summed E-state index contributed by atoms with van der Waals surface area (Å²) in [5, 5.41) is 12.7. The largest absolute Gasteiger partial charge is 0.0622 e.